The quantitative estimate of drug-likeness (QED) is 0.572. The molecule has 7 heteroatoms. The van der Waals surface area contributed by atoms with Crippen molar-refractivity contribution in [2.24, 2.45) is 0 Å². The largest absolute Gasteiger partial charge is 0.452 e. The van der Waals surface area contributed by atoms with Gasteiger partial charge in [0, 0.05) is 11.4 Å². The number of rotatable bonds is 6. The van der Waals surface area contributed by atoms with Crippen LogP contribution in [0.25, 0.3) is 0 Å². The second-order valence-corrected chi connectivity index (χ2v) is 6.20. The lowest BCUT2D eigenvalue weighted by molar-refractivity contribution is -0.119. The van der Waals surface area contributed by atoms with Crippen molar-refractivity contribution in [1.82, 2.24) is 0 Å². The Balaban J connectivity index is 1.61. The molecule has 0 spiro atoms. The maximum atomic E-state index is 13.2. The number of nitrogens with one attached hydrogen (secondary N) is 2. The minimum atomic E-state index is -0.647. The van der Waals surface area contributed by atoms with E-state index in [0.29, 0.717) is 16.9 Å². The van der Waals surface area contributed by atoms with Crippen LogP contribution in [0.2, 0.25) is 5.02 Å². The van der Waals surface area contributed by atoms with Crippen molar-refractivity contribution >= 4 is 40.5 Å². The van der Waals surface area contributed by atoms with Gasteiger partial charge < -0.3 is 15.4 Å². The summed E-state index contributed by atoms with van der Waals surface area (Å²) in [4.78, 5) is 24.4. The normalized spacial score (nSPS) is 10.2. The molecular weight excluding hydrogens is 383 g/mol. The molecule has 0 aliphatic heterocycles. The molecular formula is C21H16ClFN2O3. The Morgan fingerprint density at radius 1 is 0.929 bits per heavy atom. The number of benzene rings is 3. The first-order valence-electron chi connectivity index (χ1n) is 8.36. The Morgan fingerprint density at radius 2 is 1.64 bits per heavy atom. The third kappa shape index (κ3) is 5.08. The van der Waals surface area contributed by atoms with Crippen LogP contribution in [0.15, 0.2) is 72.8 Å². The van der Waals surface area contributed by atoms with Gasteiger partial charge in [-0.3, -0.25) is 4.79 Å². The van der Waals surface area contributed by atoms with Crippen LogP contribution in [0.3, 0.4) is 0 Å². The molecule has 0 saturated carbocycles. The second kappa shape index (κ2) is 9.01. The first kappa shape index (κ1) is 19.4. The van der Waals surface area contributed by atoms with Gasteiger partial charge in [-0.2, -0.15) is 0 Å². The van der Waals surface area contributed by atoms with Crippen molar-refractivity contribution in [1.29, 1.82) is 0 Å². The number of carbonyl (C=O) groups is 2. The Bertz CT molecular complexity index is 996. The first-order valence-corrected chi connectivity index (χ1v) is 8.74. The fraction of sp³-hybridized carbons (Fsp3) is 0.0476. The van der Waals surface area contributed by atoms with Crippen molar-refractivity contribution in [2.45, 2.75) is 0 Å². The SMILES string of the molecule is O=C(COC(=O)c1ccccc1Nc1ccccc1)Nc1ccc(F)c(Cl)c1. The summed E-state index contributed by atoms with van der Waals surface area (Å²) in [6, 6.07) is 20.0. The predicted molar refractivity (Wildman–Crippen MR) is 106 cm³/mol. The number of hydrogen-bond acceptors (Lipinski definition) is 4. The lowest BCUT2D eigenvalue weighted by Gasteiger charge is -2.12. The van der Waals surface area contributed by atoms with E-state index in [1.54, 1.807) is 24.3 Å². The number of esters is 1. The molecule has 142 valence electrons. The predicted octanol–water partition coefficient (Wildman–Crippen LogP) is 5.02. The highest BCUT2D eigenvalue weighted by Gasteiger charge is 2.15. The number of hydrogen-bond donors (Lipinski definition) is 2. The molecule has 3 aromatic carbocycles. The van der Waals surface area contributed by atoms with E-state index < -0.39 is 24.3 Å². The summed E-state index contributed by atoms with van der Waals surface area (Å²) in [6.45, 7) is -0.493. The van der Waals surface area contributed by atoms with Crippen molar-refractivity contribution in [3.8, 4) is 0 Å². The van der Waals surface area contributed by atoms with Gasteiger partial charge in [-0.1, -0.05) is 41.9 Å². The number of ether oxygens (including phenoxy) is 1. The molecule has 28 heavy (non-hydrogen) atoms. The second-order valence-electron chi connectivity index (χ2n) is 5.79. The number of carbonyl (C=O) groups excluding carboxylic acids is 2. The van der Waals surface area contributed by atoms with Gasteiger partial charge in [-0.05, 0) is 42.5 Å². The molecule has 0 aliphatic carbocycles. The highest BCUT2D eigenvalue weighted by atomic mass is 35.5. The van der Waals surface area contributed by atoms with Gasteiger partial charge in [-0.25, -0.2) is 9.18 Å². The molecule has 0 heterocycles. The lowest BCUT2D eigenvalue weighted by Crippen LogP contribution is -2.21. The van der Waals surface area contributed by atoms with Crippen molar-refractivity contribution in [3.05, 3.63) is 89.2 Å². The summed E-state index contributed by atoms with van der Waals surface area (Å²) in [5, 5.41) is 5.51. The molecule has 0 bridgehead atoms. The summed E-state index contributed by atoms with van der Waals surface area (Å²) < 4.78 is 18.2. The highest BCUT2D eigenvalue weighted by Crippen LogP contribution is 2.22. The number of halogens is 2. The van der Waals surface area contributed by atoms with Crippen LogP contribution in [0.4, 0.5) is 21.5 Å². The maximum Gasteiger partial charge on any atom is 0.340 e. The van der Waals surface area contributed by atoms with Gasteiger partial charge in [0.2, 0.25) is 0 Å². The summed E-state index contributed by atoms with van der Waals surface area (Å²) in [5.74, 6) is -1.80. The molecule has 3 aromatic rings. The van der Waals surface area contributed by atoms with Crippen LogP contribution in [0.5, 0.6) is 0 Å². The van der Waals surface area contributed by atoms with E-state index in [2.05, 4.69) is 10.6 Å². The molecule has 3 rings (SSSR count). The minimum absolute atomic E-state index is 0.115. The van der Waals surface area contributed by atoms with E-state index >= 15 is 0 Å². The highest BCUT2D eigenvalue weighted by molar-refractivity contribution is 6.31. The average molecular weight is 399 g/mol. The Morgan fingerprint density at radius 3 is 2.39 bits per heavy atom. The Labute approximate surface area is 166 Å². The standard InChI is InChI=1S/C21H16ClFN2O3/c22-17-12-15(10-11-18(17)23)25-20(26)13-28-21(27)16-8-4-5-9-19(16)24-14-6-2-1-3-7-14/h1-12,24H,13H2,(H,25,26). The zero-order valence-corrected chi connectivity index (χ0v) is 15.4. The number of para-hydroxylation sites is 2. The lowest BCUT2D eigenvalue weighted by atomic mass is 10.1. The van der Waals surface area contributed by atoms with Gasteiger partial charge in [0.1, 0.15) is 5.82 Å². The molecule has 5 nitrogen and oxygen atoms in total. The molecule has 0 aliphatic rings. The molecule has 0 unspecified atom stereocenters. The Kier molecular flexibility index (Phi) is 6.24. The third-order valence-corrected chi connectivity index (χ3v) is 4.03. The number of anilines is 3. The van der Waals surface area contributed by atoms with Crippen molar-refractivity contribution in [3.63, 3.8) is 0 Å². The van der Waals surface area contributed by atoms with Crippen molar-refractivity contribution in [2.75, 3.05) is 17.2 Å². The van der Waals surface area contributed by atoms with Gasteiger partial charge in [-0.15, -0.1) is 0 Å². The van der Waals surface area contributed by atoms with E-state index in [-0.39, 0.29) is 5.02 Å². The molecule has 2 N–H and O–H groups in total. The van der Waals surface area contributed by atoms with E-state index in [4.69, 9.17) is 16.3 Å². The molecule has 0 saturated heterocycles. The molecule has 0 fully saturated rings. The molecule has 0 atom stereocenters. The van der Waals surface area contributed by atoms with Gasteiger partial charge in [0.05, 0.1) is 16.3 Å². The molecule has 0 radical (unpaired) electrons. The molecule has 1 amide bonds. The van der Waals surface area contributed by atoms with E-state index in [1.807, 2.05) is 30.3 Å². The van der Waals surface area contributed by atoms with Crippen LogP contribution in [-0.4, -0.2) is 18.5 Å². The molecule has 0 aromatic heterocycles. The van der Waals surface area contributed by atoms with Crippen LogP contribution < -0.4 is 10.6 Å². The van der Waals surface area contributed by atoms with Gasteiger partial charge in [0.25, 0.3) is 5.91 Å². The smallest absolute Gasteiger partial charge is 0.340 e. The van der Waals surface area contributed by atoms with E-state index in [0.717, 1.165) is 11.8 Å². The third-order valence-electron chi connectivity index (χ3n) is 3.74. The first-order chi connectivity index (χ1) is 13.5. The summed E-state index contributed by atoms with van der Waals surface area (Å²) >= 11 is 5.67. The zero-order chi connectivity index (χ0) is 19.9. The van der Waals surface area contributed by atoms with Crippen molar-refractivity contribution < 1.29 is 18.7 Å². The summed E-state index contributed by atoms with van der Waals surface area (Å²) in [6.07, 6.45) is 0. The number of amides is 1. The monoisotopic (exact) mass is 398 g/mol. The Hall–Kier alpha value is -3.38. The van der Waals surface area contributed by atoms with Gasteiger partial charge in [0.15, 0.2) is 6.61 Å². The van der Waals surface area contributed by atoms with E-state index in [1.165, 1.54) is 12.1 Å². The fourth-order valence-electron chi connectivity index (χ4n) is 2.43. The minimum Gasteiger partial charge on any atom is -0.452 e. The van der Waals surface area contributed by atoms with E-state index in [9.17, 15) is 14.0 Å². The van der Waals surface area contributed by atoms with Gasteiger partial charge >= 0.3 is 5.97 Å². The zero-order valence-electron chi connectivity index (χ0n) is 14.6. The maximum absolute atomic E-state index is 13.2. The van der Waals surface area contributed by atoms with Crippen LogP contribution in [-0.2, 0) is 9.53 Å². The summed E-state index contributed by atoms with van der Waals surface area (Å²) in [7, 11) is 0. The topological polar surface area (TPSA) is 67.4 Å². The van der Waals surface area contributed by atoms with Crippen LogP contribution in [0, 0.1) is 5.82 Å². The average Bonchev–Trinajstić information content (AvgIpc) is 2.70. The van der Waals surface area contributed by atoms with Crippen LogP contribution >= 0.6 is 11.6 Å². The summed E-state index contributed by atoms with van der Waals surface area (Å²) in [5.41, 5.74) is 1.97. The fourth-order valence-corrected chi connectivity index (χ4v) is 2.61. The van der Waals surface area contributed by atoms with Crippen LogP contribution in [0.1, 0.15) is 10.4 Å².